The second-order valence-electron chi connectivity index (χ2n) is 4.59. The summed E-state index contributed by atoms with van der Waals surface area (Å²) in [7, 11) is 0. The molecule has 1 N–H and O–H groups in total. The number of hydrogen-bond donors (Lipinski definition) is 1. The SMILES string of the molecule is CCc1c(C)nc(C2CCCCN2)nc1C. The van der Waals surface area contributed by atoms with Gasteiger partial charge in [0.1, 0.15) is 5.82 Å². The molecule has 2 rings (SSSR count). The lowest BCUT2D eigenvalue weighted by Gasteiger charge is -2.23. The van der Waals surface area contributed by atoms with Crippen molar-refractivity contribution in [2.24, 2.45) is 0 Å². The van der Waals surface area contributed by atoms with Gasteiger partial charge in [-0.05, 0) is 45.2 Å². The van der Waals surface area contributed by atoms with Crippen LogP contribution in [0.2, 0.25) is 0 Å². The number of piperidine rings is 1. The zero-order valence-electron chi connectivity index (χ0n) is 10.5. The Morgan fingerprint density at radius 3 is 2.38 bits per heavy atom. The summed E-state index contributed by atoms with van der Waals surface area (Å²) in [5.74, 6) is 0.993. The van der Waals surface area contributed by atoms with Crippen LogP contribution in [0.4, 0.5) is 0 Å². The molecular weight excluding hydrogens is 198 g/mol. The van der Waals surface area contributed by atoms with Gasteiger partial charge in [-0.2, -0.15) is 0 Å². The van der Waals surface area contributed by atoms with Crippen LogP contribution in [0.15, 0.2) is 0 Å². The highest BCUT2D eigenvalue weighted by Crippen LogP contribution is 2.22. The Morgan fingerprint density at radius 2 is 1.88 bits per heavy atom. The van der Waals surface area contributed by atoms with E-state index in [4.69, 9.17) is 0 Å². The van der Waals surface area contributed by atoms with Crippen LogP contribution < -0.4 is 5.32 Å². The molecule has 3 heteroatoms. The van der Waals surface area contributed by atoms with Crippen LogP contribution in [0.1, 0.15) is 55.0 Å². The smallest absolute Gasteiger partial charge is 0.145 e. The van der Waals surface area contributed by atoms with Crippen LogP contribution in [-0.2, 0) is 6.42 Å². The molecule has 0 spiro atoms. The highest BCUT2D eigenvalue weighted by Gasteiger charge is 2.18. The second kappa shape index (κ2) is 4.91. The van der Waals surface area contributed by atoms with Crippen LogP contribution >= 0.6 is 0 Å². The minimum absolute atomic E-state index is 0.372. The third kappa shape index (κ3) is 2.24. The quantitative estimate of drug-likeness (QED) is 0.830. The number of rotatable bonds is 2. The fourth-order valence-corrected chi connectivity index (χ4v) is 2.51. The van der Waals surface area contributed by atoms with Gasteiger partial charge in [0.05, 0.1) is 6.04 Å². The number of aryl methyl sites for hydroxylation is 2. The molecule has 0 bridgehead atoms. The third-order valence-corrected chi connectivity index (χ3v) is 3.41. The summed E-state index contributed by atoms with van der Waals surface area (Å²) in [6.45, 7) is 7.46. The van der Waals surface area contributed by atoms with Crippen LogP contribution in [0.3, 0.4) is 0 Å². The number of nitrogens with zero attached hydrogens (tertiary/aromatic N) is 2. The molecule has 0 radical (unpaired) electrons. The molecule has 0 amide bonds. The first-order valence-electron chi connectivity index (χ1n) is 6.29. The lowest BCUT2D eigenvalue weighted by atomic mass is 10.0. The molecule has 2 heterocycles. The van der Waals surface area contributed by atoms with Crippen LogP contribution in [0, 0.1) is 13.8 Å². The summed E-state index contributed by atoms with van der Waals surface area (Å²) in [4.78, 5) is 9.31. The van der Waals surface area contributed by atoms with Gasteiger partial charge in [-0.3, -0.25) is 0 Å². The lowest BCUT2D eigenvalue weighted by molar-refractivity contribution is 0.396. The van der Waals surface area contributed by atoms with Crippen molar-refractivity contribution in [3.8, 4) is 0 Å². The van der Waals surface area contributed by atoms with E-state index < -0.39 is 0 Å². The fraction of sp³-hybridized carbons (Fsp3) is 0.692. The minimum atomic E-state index is 0.372. The molecule has 3 nitrogen and oxygen atoms in total. The van der Waals surface area contributed by atoms with E-state index in [0.717, 1.165) is 30.2 Å². The first kappa shape index (κ1) is 11.5. The van der Waals surface area contributed by atoms with E-state index in [1.54, 1.807) is 0 Å². The average Bonchev–Trinajstić information content (AvgIpc) is 2.30. The van der Waals surface area contributed by atoms with Gasteiger partial charge in [0.25, 0.3) is 0 Å². The van der Waals surface area contributed by atoms with Crippen molar-refractivity contribution in [2.75, 3.05) is 6.54 Å². The van der Waals surface area contributed by atoms with Crippen LogP contribution in [-0.4, -0.2) is 16.5 Å². The van der Waals surface area contributed by atoms with Crippen molar-refractivity contribution >= 4 is 0 Å². The van der Waals surface area contributed by atoms with Crippen LogP contribution in [0.5, 0.6) is 0 Å². The van der Waals surface area contributed by atoms with E-state index in [9.17, 15) is 0 Å². The molecule has 1 aromatic rings. The topological polar surface area (TPSA) is 37.8 Å². The lowest BCUT2D eigenvalue weighted by Crippen LogP contribution is -2.28. The normalized spacial score (nSPS) is 21.1. The molecule has 0 aliphatic carbocycles. The van der Waals surface area contributed by atoms with Crippen molar-refractivity contribution in [1.29, 1.82) is 0 Å². The molecule has 1 saturated heterocycles. The summed E-state index contributed by atoms with van der Waals surface area (Å²) in [6, 6.07) is 0.372. The average molecular weight is 219 g/mol. The van der Waals surface area contributed by atoms with E-state index >= 15 is 0 Å². The Kier molecular flexibility index (Phi) is 3.54. The van der Waals surface area contributed by atoms with Gasteiger partial charge in [0.15, 0.2) is 0 Å². The van der Waals surface area contributed by atoms with E-state index in [1.807, 2.05) is 0 Å². The Labute approximate surface area is 97.7 Å². The monoisotopic (exact) mass is 219 g/mol. The number of nitrogens with one attached hydrogen (secondary N) is 1. The Balaban J connectivity index is 2.28. The maximum atomic E-state index is 4.65. The summed E-state index contributed by atoms with van der Waals surface area (Å²) < 4.78 is 0. The molecule has 0 aromatic carbocycles. The number of hydrogen-bond acceptors (Lipinski definition) is 3. The van der Waals surface area contributed by atoms with Gasteiger partial charge >= 0.3 is 0 Å². The second-order valence-corrected chi connectivity index (χ2v) is 4.59. The molecule has 1 atom stereocenters. The molecule has 0 saturated carbocycles. The maximum absolute atomic E-state index is 4.65. The third-order valence-electron chi connectivity index (χ3n) is 3.41. The molecule has 1 aliphatic rings. The predicted octanol–water partition coefficient (Wildman–Crippen LogP) is 2.47. The zero-order chi connectivity index (χ0) is 11.5. The van der Waals surface area contributed by atoms with Gasteiger partial charge in [0, 0.05) is 11.4 Å². The molecule has 1 aliphatic heterocycles. The van der Waals surface area contributed by atoms with Crippen molar-refractivity contribution in [3.05, 3.63) is 22.8 Å². The van der Waals surface area contributed by atoms with Gasteiger partial charge in [-0.25, -0.2) is 9.97 Å². The van der Waals surface area contributed by atoms with Gasteiger partial charge in [-0.1, -0.05) is 13.3 Å². The highest BCUT2D eigenvalue weighted by atomic mass is 15.0. The van der Waals surface area contributed by atoms with Gasteiger partial charge < -0.3 is 5.32 Å². The highest BCUT2D eigenvalue weighted by molar-refractivity contribution is 5.24. The molecule has 16 heavy (non-hydrogen) atoms. The van der Waals surface area contributed by atoms with Crippen molar-refractivity contribution in [3.63, 3.8) is 0 Å². The number of aromatic nitrogens is 2. The summed E-state index contributed by atoms with van der Waals surface area (Å²) in [5.41, 5.74) is 3.61. The summed E-state index contributed by atoms with van der Waals surface area (Å²) >= 11 is 0. The van der Waals surface area contributed by atoms with Crippen molar-refractivity contribution in [1.82, 2.24) is 15.3 Å². The van der Waals surface area contributed by atoms with E-state index in [1.165, 1.54) is 24.8 Å². The summed E-state index contributed by atoms with van der Waals surface area (Å²) in [6.07, 6.45) is 4.76. The molecular formula is C13H21N3. The Morgan fingerprint density at radius 1 is 1.19 bits per heavy atom. The van der Waals surface area contributed by atoms with E-state index in [0.29, 0.717) is 6.04 Å². The zero-order valence-corrected chi connectivity index (χ0v) is 10.5. The van der Waals surface area contributed by atoms with Gasteiger partial charge in [0.2, 0.25) is 0 Å². The first-order chi connectivity index (χ1) is 7.72. The van der Waals surface area contributed by atoms with Gasteiger partial charge in [-0.15, -0.1) is 0 Å². The predicted molar refractivity (Wildman–Crippen MR) is 65.5 cm³/mol. The Hall–Kier alpha value is -0.960. The van der Waals surface area contributed by atoms with E-state index in [2.05, 4.69) is 36.1 Å². The molecule has 1 fully saturated rings. The minimum Gasteiger partial charge on any atom is -0.307 e. The van der Waals surface area contributed by atoms with Crippen molar-refractivity contribution in [2.45, 2.75) is 52.5 Å². The molecule has 1 aromatic heterocycles. The largest absolute Gasteiger partial charge is 0.307 e. The molecule has 88 valence electrons. The summed E-state index contributed by atoms with van der Waals surface area (Å²) in [5, 5.41) is 3.50. The standard InChI is InChI=1S/C13H21N3/c1-4-11-9(2)15-13(16-10(11)3)12-7-5-6-8-14-12/h12,14H,4-8H2,1-3H3. The van der Waals surface area contributed by atoms with E-state index in [-0.39, 0.29) is 0 Å². The maximum Gasteiger partial charge on any atom is 0.145 e. The Bertz CT molecular complexity index is 344. The fourth-order valence-electron chi connectivity index (χ4n) is 2.51. The van der Waals surface area contributed by atoms with Crippen molar-refractivity contribution < 1.29 is 0 Å². The first-order valence-corrected chi connectivity index (χ1v) is 6.29. The molecule has 1 unspecified atom stereocenters. The van der Waals surface area contributed by atoms with Crippen LogP contribution in [0.25, 0.3) is 0 Å².